The predicted molar refractivity (Wildman–Crippen MR) is 133 cm³/mol. The molecular formula is C28H45NO4. The summed E-state index contributed by atoms with van der Waals surface area (Å²) in [6.07, 6.45) is 13.0. The van der Waals surface area contributed by atoms with Crippen LogP contribution in [0.4, 0.5) is 0 Å². The average Bonchev–Trinajstić information content (AvgIpc) is 3.18. The minimum absolute atomic E-state index is 0.148. The summed E-state index contributed by atoms with van der Waals surface area (Å²) in [4.78, 5) is 25.5. The minimum atomic E-state index is -0.282. The lowest BCUT2D eigenvalue weighted by atomic mass is 9.92. The zero-order valence-electron chi connectivity index (χ0n) is 20.8. The van der Waals surface area contributed by atoms with Crippen molar-refractivity contribution in [2.45, 2.75) is 109 Å². The summed E-state index contributed by atoms with van der Waals surface area (Å²) in [5, 5.41) is 10.7. The van der Waals surface area contributed by atoms with E-state index < -0.39 is 0 Å². The first-order valence-electron chi connectivity index (χ1n) is 13.1. The Morgan fingerprint density at radius 1 is 1.06 bits per heavy atom. The maximum absolute atomic E-state index is 12.3. The lowest BCUT2D eigenvalue weighted by molar-refractivity contribution is -0.140. The number of ether oxygens (including phenoxy) is 1. The number of carbonyl (C=O) groups excluding carboxylic acids is 2. The van der Waals surface area contributed by atoms with Crippen molar-refractivity contribution in [2.75, 3.05) is 13.7 Å². The SMILES string of the molecule is COC(=O)CCCCCCN1C(=O)CCC1CC[C@@H](O)[C@@H](C)CCCCCc1ccccc1. The smallest absolute Gasteiger partial charge is 0.305 e. The molecule has 1 N–H and O–H groups in total. The van der Waals surface area contributed by atoms with Crippen molar-refractivity contribution < 1.29 is 19.4 Å². The minimum Gasteiger partial charge on any atom is -0.469 e. The van der Waals surface area contributed by atoms with Crippen LogP contribution in [0.1, 0.15) is 96.0 Å². The lowest BCUT2D eigenvalue weighted by Crippen LogP contribution is -2.35. The number of amides is 1. The fraction of sp³-hybridized carbons (Fsp3) is 0.714. The van der Waals surface area contributed by atoms with Gasteiger partial charge in [-0.1, -0.05) is 62.9 Å². The van der Waals surface area contributed by atoms with Crippen LogP contribution in [-0.2, 0) is 20.7 Å². The van der Waals surface area contributed by atoms with Crippen molar-refractivity contribution in [3.63, 3.8) is 0 Å². The molecule has 0 saturated carbocycles. The number of likely N-dealkylation sites (tertiary alicyclic amines) is 1. The molecule has 1 heterocycles. The van der Waals surface area contributed by atoms with E-state index in [0.717, 1.165) is 70.8 Å². The quantitative estimate of drug-likeness (QED) is 0.240. The molecule has 1 aromatic carbocycles. The van der Waals surface area contributed by atoms with Crippen LogP contribution in [0, 0.1) is 5.92 Å². The molecule has 5 heteroatoms. The van der Waals surface area contributed by atoms with Crippen molar-refractivity contribution in [1.82, 2.24) is 4.90 Å². The highest BCUT2D eigenvalue weighted by atomic mass is 16.5. The first-order chi connectivity index (χ1) is 16.0. The van der Waals surface area contributed by atoms with Crippen LogP contribution in [0.15, 0.2) is 30.3 Å². The van der Waals surface area contributed by atoms with Crippen LogP contribution in [0.5, 0.6) is 0 Å². The van der Waals surface area contributed by atoms with Gasteiger partial charge in [-0.25, -0.2) is 0 Å². The Hall–Kier alpha value is -1.88. The van der Waals surface area contributed by atoms with E-state index in [1.54, 1.807) is 0 Å². The average molecular weight is 460 g/mol. The van der Waals surface area contributed by atoms with Gasteiger partial charge >= 0.3 is 5.97 Å². The standard InChI is InChI=1S/C28H45NO4/c1-23(13-7-5-8-14-24-15-9-6-10-16-24)26(30)20-18-25-19-21-27(31)29(25)22-12-4-3-11-17-28(32)33-2/h6,9-10,15-16,23,25-26,30H,3-5,7-8,11-14,17-22H2,1-2H3/t23-,25?,26+/m0/s1. The van der Waals surface area contributed by atoms with Crippen LogP contribution < -0.4 is 0 Å². The number of hydrogen-bond donors (Lipinski definition) is 1. The molecule has 1 saturated heterocycles. The van der Waals surface area contributed by atoms with Gasteiger partial charge in [-0.15, -0.1) is 0 Å². The molecule has 1 unspecified atom stereocenters. The molecule has 2 rings (SSSR count). The van der Waals surface area contributed by atoms with E-state index in [1.807, 2.05) is 4.90 Å². The van der Waals surface area contributed by atoms with Gasteiger partial charge in [-0.2, -0.15) is 0 Å². The van der Waals surface area contributed by atoms with Crippen LogP contribution in [0.25, 0.3) is 0 Å². The number of unbranched alkanes of at least 4 members (excludes halogenated alkanes) is 5. The van der Waals surface area contributed by atoms with Gasteiger partial charge < -0.3 is 14.7 Å². The summed E-state index contributed by atoms with van der Waals surface area (Å²) in [6, 6.07) is 10.9. The predicted octanol–water partition coefficient (Wildman–Crippen LogP) is 5.68. The number of methoxy groups -OCH3 is 1. The second-order valence-electron chi connectivity index (χ2n) is 9.73. The van der Waals surface area contributed by atoms with Gasteiger partial charge in [0.1, 0.15) is 0 Å². The van der Waals surface area contributed by atoms with Crippen LogP contribution in [0.3, 0.4) is 0 Å². The molecule has 0 aromatic heterocycles. The highest BCUT2D eigenvalue weighted by Crippen LogP contribution is 2.26. The highest BCUT2D eigenvalue weighted by Gasteiger charge is 2.30. The number of carbonyl (C=O) groups is 2. The molecule has 1 aliphatic rings. The van der Waals surface area contributed by atoms with E-state index in [2.05, 4.69) is 42.0 Å². The Labute approximate surface area is 200 Å². The number of aliphatic hydroxyl groups excluding tert-OH is 1. The third-order valence-electron chi connectivity index (χ3n) is 7.13. The van der Waals surface area contributed by atoms with E-state index in [0.29, 0.717) is 18.8 Å². The summed E-state index contributed by atoms with van der Waals surface area (Å²) in [7, 11) is 1.42. The van der Waals surface area contributed by atoms with Gasteiger partial charge in [0, 0.05) is 25.4 Å². The monoisotopic (exact) mass is 459 g/mol. The molecule has 1 aromatic rings. The molecule has 5 nitrogen and oxygen atoms in total. The molecule has 0 bridgehead atoms. The highest BCUT2D eigenvalue weighted by molar-refractivity contribution is 5.78. The Balaban J connectivity index is 1.57. The molecule has 1 amide bonds. The molecule has 0 aliphatic carbocycles. The number of aliphatic hydroxyl groups is 1. The number of nitrogens with zero attached hydrogens (tertiary/aromatic N) is 1. The summed E-state index contributed by atoms with van der Waals surface area (Å²) in [5.74, 6) is 0.419. The van der Waals surface area contributed by atoms with E-state index in [9.17, 15) is 14.7 Å². The normalized spacial score (nSPS) is 17.8. The fourth-order valence-electron chi connectivity index (χ4n) is 4.86. The zero-order chi connectivity index (χ0) is 23.9. The number of benzene rings is 1. The van der Waals surface area contributed by atoms with Crippen LogP contribution in [-0.4, -0.2) is 47.7 Å². The zero-order valence-corrected chi connectivity index (χ0v) is 20.8. The van der Waals surface area contributed by atoms with Gasteiger partial charge in [0.05, 0.1) is 13.2 Å². The van der Waals surface area contributed by atoms with Crippen molar-refractivity contribution in [3.05, 3.63) is 35.9 Å². The van der Waals surface area contributed by atoms with Gasteiger partial charge in [0.2, 0.25) is 5.91 Å². The maximum Gasteiger partial charge on any atom is 0.305 e. The molecule has 0 radical (unpaired) electrons. The molecular weight excluding hydrogens is 414 g/mol. The van der Waals surface area contributed by atoms with Crippen molar-refractivity contribution in [3.8, 4) is 0 Å². The number of hydrogen-bond acceptors (Lipinski definition) is 4. The molecule has 3 atom stereocenters. The molecule has 1 aliphatic heterocycles. The molecule has 33 heavy (non-hydrogen) atoms. The molecule has 0 spiro atoms. The second kappa shape index (κ2) is 15.9. The maximum atomic E-state index is 12.3. The van der Waals surface area contributed by atoms with Crippen molar-refractivity contribution in [1.29, 1.82) is 0 Å². The lowest BCUT2D eigenvalue weighted by Gasteiger charge is -2.27. The first kappa shape index (κ1) is 27.4. The second-order valence-corrected chi connectivity index (χ2v) is 9.73. The first-order valence-corrected chi connectivity index (χ1v) is 13.1. The molecule has 186 valence electrons. The Kier molecular flexibility index (Phi) is 13.2. The Bertz CT molecular complexity index is 678. The van der Waals surface area contributed by atoms with E-state index in [1.165, 1.54) is 25.5 Å². The van der Waals surface area contributed by atoms with Gasteiger partial charge in [0.15, 0.2) is 0 Å². The van der Waals surface area contributed by atoms with Crippen molar-refractivity contribution >= 4 is 11.9 Å². The fourth-order valence-corrected chi connectivity index (χ4v) is 4.86. The van der Waals surface area contributed by atoms with E-state index in [4.69, 9.17) is 0 Å². The molecule has 1 fully saturated rings. The summed E-state index contributed by atoms with van der Waals surface area (Å²) in [6.45, 7) is 2.96. The third kappa shape index (κ3) is 10.7. The topological polar surface area (TPSA) is 66.8 Å². The summed E-state index contributed by atoms with van der Waals surface area (Å²) in [5.41, 5.74) is 1.41. The summed E-state index contributed by atoms with van der Waals surface area (Å²) < 4.78 is 4.67. The van der Waals surface area contributed by atoms with E-state index in [-0.39, 0.29) is 24.0 Å². The Morgan fingerprint density at radius 3 is 2.55 bits per heavy atom. The number of rotatable bonds is 17. The largest absolute Gasteiger partial charge is 0.469 e. The van der Waals surface area contributed by atoms with Crippen molar-refractivity contribution in [2.24, 2.45) is 5.92 Å². The van der Waals surface area contributed by atoms with Gasteiger partial charge in [0.25, 0.3) is 0 Å². The summed E-state index contributed by atoms with van der Waals surface area (Å²) >= 11 is 0. The third-order valence-corrected chi connectivity index (χ3v) is 7.13. The number of aryl methyl sites for hydroxylation is 1. The Morgan fingerprint density at radius 2 is 1.79 bits per heavy atom. The number of esters is 1. The van der Waals surface area contributed by atoms with Crippen LogP contribution in [0.2, 0.25) is 0 Å². The van der Waals surface area contributed by atoms with Gasteiger partial charge in [-0.05, 0) is 62.8 Å². The van der Waals surface area contributed by atoms with Crippen LogP contribution >= 0.6 is 0 Å². The van der Waals surface area contributed by atoms with E-state index >= 15 is 0 Å². The van der Waals surface area contributed by atoms with Gasteiger partial charge in [-0.3, -0.25) is 9.59 Å².